The van der Waals surface area contributed by atoms with E-state index < -0.39 is 17.6 Å². The summed E-state index contributed by atoms with van der Waals surface area (Å²) in [5.74, 6) is 0.180. The lowest BCUT2D eigenvalue weighted by molar-refractivity contribution is -0.143. The van der Waals surface area contributed by atoms with Gasteiger partial charge in [-0.1, -0.05) is 32.9 Å². The number of hydrogen-bond acceptors (Lipinski definition) is 4. The van der Waals surface area contributed by atoms with Crippen LogP contribution in [0.4, 0.5) is 4.79 Å². The smallest absolute Gasteiger partial charge is 0.408 e. The van der Waals surface area contributed by atoms with Crippen molar-refractivity contribution in [2.75, 3.05) is 0 Å². The molecule has 0 aliphatic carbocycles. The number of esters is 1. The molecule has 1 amide bonds. The molecule has 0 saturated heterocycles. The minimum atomic E-state index is -0.569. The van der Waals surface area contributed by atoms with Crippen LogP contribution in [0.2, 0.25) is 0 Å². The van der Waals surface area contributed by atoms with Crippen molar-refractivity contribution in [1.82, 2.24) is 5.32 Å². The van der Waals surface area contributed by atoms with Crippen molar-refractivity contribution in [3.8, 4) is 5.75 Å². The summed E-state index contributed by atoms with van der Waals surface area (Å²) in [6.07, 6.45) is -0.891. The van der Waals surface area contributed by atoms with Crippen molar-refractivity contribution >= 4 is 12.1 Å². The molecule has 146 valence electrons. The van der Waals surface area contributed by atoms with Gasteiger partial charge in [-0.25, -0.2) is 4.79 Å². The second-order valence-electron chi connectivity index (χ2n) is 9.73. The lowest BCUT2D eigenvalue weighted by Crippen LogP contribution is -2.42. The summed E-state index contributed by atoms with van der Waals surface area (Å²) in [5.41, 5.74) is -0.387. The van der Waals surface area contributed by atoms with Crippen LogP contribution in [0.25, 0.3) is 0 Å². The van der Waals surface area contributed by atoms with E-state index in [2.05, 4.69) is 5.32 Å². The Hall–Kier alpha value is -2.04. The highest BCUT2D eigenvalue weighted by Gasteiger charge is 2.31. The summed E-state index contributed by atoms with van der Waals surface area (Å²) >= 11 is 0. The molecule has 0 bridgehead atoms. The first-order chi connectivity index (χ1) is 11.6. The molecule has 1 rings (SSSR count). The molecule has 1 N–H and O–H groups in total. The van der Waals surface area contributed by atoms with Crippen LogP contribution < -0.4 is 10.1 Å². The molecule has 1 aromatic carbocycles. The van der Waals surface area contributed by atoms with Crippen molar-refractivity contribution in [3.05, 3.63) is 29.8 Å². The third-order valence-corrected chi connectivity index (χ3v) is 3.49. The molecule has 0 fully saturated rings. The SMILES string of the molecule is CC(C)(C)NC(=O)OC(c1ccc(OC(=O)C(C)(C)C)cc1)C(C)(C)C. The maximum atomic E-state index is 12.2. The Morgan fingerprint density at radius 1 is 0.885 bits per heavy atom. The van der Waals surface area contributed by atoms with Crippen molar-refractivity contribution in [2.45, 2.75) is 74.0 Å². The zero-order chi connectivity index (χ0) is 20.3. The van der Waals surface area contributed by atoms with Gasteiger partial charge >= 0.3 is 12.1 Å². The number of nitrogens with one attached hydrogen (secondary N) is 1. The fraction of sp³-hybridized carbons (Fsp3) is 0.619. The van der Waals surface area contributed by atoms with Crippen LogP contribution in [-0.2, 0) is 9.53 Å². The maximum Gasteiger partial charge on any atom is 0.408 e. The first-order valence-electron chi connectivity index (χ1n) is 8.91. The Kier molecular flexibility index (Phi) is 6.50. The summed E-state index contributed by atoms with van der Waals surface area (Å²) in [6, 6.07) is 7.10. The van der Waals surface area contributed by atoms with Crippen LogP contribution in [0.1, 0.15) is 74.0 Å². The third-order valence-electron chi connectivity index (χ3n) is 3.49. The standard InChI is InChI=1S/C21H33NO4/c1-19(2,3)16(26-18(24)22-21(7,8)9)14-10-12-15(13-11-14)25-17(23)20(4,5)6/h10-13,16H,1-9H3,(H,22,24). The Bertz CT molecular complexity index is 628. The number of carbonyl (C=O) groups is 2. The van der Waals surface area contributed by atoms with Crippen molar-refractivity contribution in [3.63, 3.8) is 0 Å². The molecule has 0 aromatic heterocycles. The number of carbonyl (C=O) groups excluding carboxylic acids is 2. The molecule has 5 heteroatoms. The van der Waals surface area contributed by atoms with E-state index in [-0.39, 0.29) is 16.9 Å². The van der Waals surface area contributed by atoms with E-state index in [0.717, 1.165) is 5.56 Å². The number of benzene rings is 1. The first kappa shape index (κ1) is 22.0. The molecule has 0 aliphatic rings. The molecule has 0 radical (unpaired) electrons. The predicted molar refractivity (Wildman–Crippen MR) is 103 cm³/mol. The Balaban J connectivity index is 2.96. The van der Waals surface area contributed by atoms with E-state index in [1.165, 1.54) is 0 Å². The molecule has 5 nitrogen and oxygen atoms in total. The van der Waals surface area contributed by atoms with Crippen LogP contribution in [0.5, 0.6) is 5.75 Å². The molecule has 0 heterocycles. The quantitative estimate of drug-likeness (QED) is 0.588. The summed E-state index contributed by atoms with van der Waals surface area (Å²) in [6.45, 7) is 17.2. The highest BCUT2D eigenvalue weighted by Crippen LogP contribution is 2.37. The lowest BCUT2D eigenvalue weighted by Gasteiger charge is -2.32. The lowest BCUT2D eigenvalue weighted by atomic mass is 9.84. The van der Waals surface area contributed by atoms with Crippen LogP contribution in [0.15, 0.2) is 24.3 Å². The van der Waals surface area contributed by atoms with E-state index in [9.17, 15) is 9.59 Å². The molecule has 0 saturated carbocycles. The largest absolute Gasteiger partial charge is 0.441 e. The predicted octanol–water partition coefficient (Wildman–Crippen LogP) is 5.25. The van der Waals surface area contributed by atoms with Crippen LogP contribution >= 0.6 is 0 Å². The number of rotatable bonds is 3. The fourth-order valence-corrected chi connectivity index (χ4v) is 2.16. The summed E-state index contributed by atoms with van der Waals surface area (Å²) in [5, 5.41) is 2.82. The van der Waals surface area contributed by atoms with Crippen molar-refractivity contribution in [1.29, 1.82) is 0 Å². The molecule has 1 aromatic rings. The summed E-state index contributed by atoms with van der Waals surface area (Å²) < 4.78 is 11.1. The van der Waals surface area contributed by atoms with E-state index in [4.69, 9.17) is 9.47 Å². The Morgan fingerprint density at radius 2 is 1.38 bits per heavy atom. The van der Waals surface area contributed by atoms with Gasteiger partial charge in [0, 0.05) is 11.0 Å². The number of hydrogen-bond donors (Lipinski definition) is 1. The first-order valence-corrected chi connectivity index (χ1v) is 8.91. The molecule has 1 atom stereocenters. The van der Waals surface area contributed by atoms with Gasteiger partial charge in [0.05, 0.1) is 5.41 Å². The normalized spacial score (nSPS) is 13.7. The molecular weight excluding hydrogens is 330 g/mol. The van der Waals surface area contributed by atoms with E-state index >= 15 is 0 Å². The minimum Gasteiger partial charge on any atom is -0.441 e. The molecular formula is C21H33NO4. The van der Waals surface area contributed by atoms with Gasteiger partial charge in [0.1, 0.15) is 11.9 Å². The van der Waals surface area contributed by atoms with Gasteiger partial charge < -0.3 is 14.8 Å². The van der Waals surface area contributed by atoms with Gasteiger partial charge in [0.2, 0.25) is 0 Å². The topological polar surface area (TPSA) is 64.6 Å². The van der Waals surface area contributed by atoms with Gasteiger partial charge in [-0.15, -0.1) is 0 Å². The third kappa shape index (κ3) is 7.06. The fourth-order valence-electron chi connectivity index (χ4n) is 2.16. The van der Waals surface area contributed by atoms with Crippen LogP contribution in [0.3, 0.4) is 0 Å². The van der Waals surface area contributed by atoms with E-state index in [1.807, 2.05) is 53.7 Å². The zero-order valence-electron chi connectivity index (χ0n) is 17.5. The highest BCUT2D eigenvalue weighted by molar-refractivity contribution is 5.77. The number of alkyl carbamates (subject to hydrolysis) is 1. The van der Waals surface area contributed by atoms with Gasteiger partial charge in [-0.05, 0) is 59.2 Å². The summed E-state index contributed by atoms with van der Waals surface area (Å²) in [7, 11) is 0. The van der Waals surface area contributed by atoms with Gasteiger partial charge in [0.25, 0.3) is 0 Å². The van der Waals surface area contributed by atoms with Crippen molar-refractivity contribution in [2.24, 2.45) is 10.8 Å². The van der Waals surface area contributed by atoms with Gasteiger partial charge in [0.15, 0.2) is 0 Å². The number of amides is 1. The molecule has 0 aliphatic heterocycles. The zero-order valence-corrected chi connectivity index (χ0v) is 17.5. The van der Waals surface area contributed by atoms with E-state index in [1.54, 1.807) is 32.9 Å². The molecule has 26 heavy (non-hydrogen) atoms. The maximum absolute atomic E-state index is 12.2. The van der Waals surface area contributed by atoms with Crippen LogP contribution in [0, 0.1) is 10.8 Å². The minimum absolute atomic E-state index is 0.293. The molecule has 0 spiro atoms. The van der Waals surface area contributed by atoms with Crippen LogP contribution in [-0.4, -0.2) is 17.6 Å². The molecule has 1 unspecified atom stereocenters. The monoisotopic (exact) mass is 363 g/mol. The summed E-state index contributed by atoms with van der Waals surface area (Å²) in [4.78, 5) is 24.2. The van der Waals surface area contributed by atoms with E-state index in [0.29, 0.717) is 5.75 Å². The second-order valence-corrected chi connectivity index (χ2v) is 9.73. The number of ether oxygens (including phenoxy) is 2. The average Bonchev–Trinajstić information content (AvgIpc) is 2.41. The van der Waals surface area contributed by atoms with Crippen molar-refractivity contribution < 1.29 is 19.1 Å². The van der Waals surface area contributed by atoms with Gasteiger partial charge in [-0.3, -0.25) is 4.79 Å². The Morgan fingerprint density at radius 3 is 1.77 bits per heavy atom. The average molecular weight is 363 g/mol. The Labute approximate surface area is 157 Å². The second kappa shape index (κ2) is 7.68. The highest BCUT2D eigenvalue weighted by atomic mass is 16.6. The van der Waals surface area contributed by atoms with Gasteiger partial charge in [-0.2, -0.15) is 0 Å².